The maximum atomic E-state index is 13.0. The second-order valence-electron chi connectivity index (χ2n) is 8.18. The van der Waals surface area contributed by atoms with Crippen LogP contribution in [-0.2, 0) is 10.5 Å². The molecule has 0 saturated carbocycles. The molecule has 3 aromatic carbocycles. The number of rotatable bonds is 7. The summed E-state index contributed by atoms with van der Waals surface area (Å²) in [6.45, 7) is 5.57. The van der Waals surface area contributed by atoms with E-state index in [0.717, 1.165) is 11.1 Å². The van der Waals surface area contributed by atoms with E-state index in [1.807, 2.05) is 72.8 Å². The second-order valence-corrected chi connectivity index (χ2v) is 9.53. The second kappa shape index (κ2) is 11.0. The van der Waals surface area contributed by atoms with Crippen LogP contribution in [0.5, 0.6) is 11.6 Å². The SMILES string of the molecule is C=CCOc1cccc([C@@H]2Oc3nc(SCc4ccccc4Cl)nnc3-c3ccccc3N2C(C)=O)c1. The van der Waals surface area contributed by atoms with Gasteiger partial charge in [0.15, 0.2) is 5.69 Å². The van der Waals surface area contributed by atoms with Gasteiger partial charge in [0, 0.05) is 28.8 Å². The van der Waals surface area contributed by atoms with Gasteiger partial charge < -0.3 is 9.47 Å². The summed E-state index contributed by atoms with van der Waals surface area (Å²) in [4.78, 5) is 19.3. The molecule has 1 aromatic heterocycles. The number of ether oxygens (including phenoxy) is 2. The number of hydrogen-bond donors (Lipinski definition) is 0. The highest BCUT2D eigenvalue weighted by atomic mass is 35.5. The Labute approximate surface area is 224 Å². The summed E-state index contributed by atoms with van der Waals surface area (Å²) in [6.07, 6.45) is 0.874. The van der Waals surface area contributed by atoms with E-state index in [0.29, 0.717) is 45.2 Å². The molecule has 4 aromatic rings. The van der Waals surface area contributed by atoms with Crippen molar-refractivity contribution in [3.05, 3.63) is 102 Å². The zero-order valence-electron chi connectivity index (χ0n) is 20.0. The summed E-state index contributed by atoms with van der Waals surface area (Å²) in [7, 11) is 0. The van der Waals surface area contributed by atoms with E-state index in [4.69, 9.17) is 26.1 Å². The first-order valence-corrected chi connectivity index (χ1v) is 12.9. The van der Waals surface area contributed by atoms with Crippen LogP contribution in [0, 0.1) is 0 Å². The number of carbonyl (C=O) groups excluding carboxylic acids is 1. The maximum absolute atomic E-state index is 13.0. The van der Waals surface area contributed by atoms with Crippen LogP contribution in [0.1, 0.15) is 24.3 Å². The van der Waals surface area contributed by atoms with Crippen molar-refractivity contribution in [3.8, 4) is 22.9 Å². The Hall–Kier alpha value is -3.88. The van der Waals surface area contributed by atoms with E-state index >= 15 is 0 Å². The van der Waals surface area contributed by atoms with Crippen LogP contribution in [0.15, 0.2) is 90.6 Å². The smallest absolute Gasteiger partial charge is 0.247 e. The predicted molar refractivity (Wildman–Crippen MR) is 145 cm³/mol. The summed E-state index contributed by atoms with van der Waals surface area (Å²) in [5, 5.41) is 9.93. The van der Waals surface area contributed by atoms with Gasteiger partial charge in [0.1, 0.15) is 12.4 Å². The molecule has 0 bridgehead atoms. The normalized spacial score (nSPS) is 14.1. The van der Waals surface area contributed by atoms with Crippen molar-refractivity contribution in [1.82, 2.24) is 15.2 Å². The Balaban J connectivity index is 1.56. The summed E-state index contributed by atoms with van der Waals surface area (Å²) in [5.74, 6) is 1.31. The molecule has 186 valence electrons. The Morgan fingerprint density at radius 2 is 1.95 bits per heavy atom. The number of thioether (sulfide) groups is 1. The van der Waals surface area contributed by atoms with E-state index in [1.165, 1.54) is 18.7 Å². The highest BCUT2D eigenvalue weighted by Crippen LogP contribution is 2.43. The number of benzene rings is 3. The minimum atomic E-state index is -0.801. The molecular weight excluding hydrogens is 508 g/mol. The fourth-order valence-electron chi connectivity index (χ4n) is 4.00. The lowest BCUT2D eigenvalue weighted by Gasteiger charge is -2.30. The van der Waals surface area contributed by atoms with Crippen molar-refractivity contribution in [2.45, 2.75) is 24.1 Å². The fraction of sp³-hybridized carbons (Fsp3) is 0.143. The first kappa shape index (κ1) is 24.8. The summed E-state index contributed by atoms with van der Waals surface area (Å²) in [6, 6.07) is 22.6. The number of carbonyl (C=O) groups is 1. The van der Waals surface area contributed by atoms with Crippen molar-refractivity contribution in [2.75, 3.05) is 11.5 Å². The number of hydrogen-bond acceptors (Lipinski definition) is 7. The number of anilines is 1. The zero-order valence-corrected chi connectivity index (χ0v) is 21.6. The maximum Gasteiger partial charge on any atom is 0.247 e. The molecule has 2 heterocycles. The van der Waals surface area contributed by atoms with Crippen molar-refractivity contribution in [2.24, 2.45) is 0 Å². The first-order chi connectivity index (χ1) is 18.0. The van der Waals surface area contributed by atoms with Crippen LogP contribution in [0.2, 0.25) is 5.02 Å². The molecular formula is C28H23ClN4O3S. The lowest BCUT2D eigenvalue weighted by atomic mass is 10.1. The van der Waals surface area contributed by atoms with Gasteiger partial charge in [0.05, 0.1) is 5.69 Å². The zero-order chi connectivity index (χ0) is 25.8. The first-order valence-electron chi connectivity index (χ1n) is 11.6. The van der Waals surface area contributed by atoms with E-state index < -0.39 is 6.23 Å². The molecule has 0 spiro atoms. The molecule has 7 nitrogen and oxygen atoms in total. The minimum Gasteiger partial charge on any atom is -0.490 e. The number of nitrogens with zero attached hydrogens (tertiary/aromatic N) is 4. The van der Waals surface area contributed by atoms with Crippen molar-refractivity contribution < 1.29 is 14.3 Å². The third-order valence-corrected chi connectivity index (χ3v) is 6.93. The topological polar surface area (TPSA) is 77.4 Å². The van der Waals surface area contributed by atoms with Crippen molar-refractivity contribution in [1.29, 1.82) is 0 Å². The van der Waals surface area contributed by atoms with E-state index in [2.05, 4.69) is 16.8 Å². The largest absolute Gasteiger partial charge is 0.490 e. The van der Waals surface area contributed by atoms with Gasteiger partial charge in [-0.25, -0.2) is 0 Å². The van der Waals surface area contributed by atoms with Gasteiger partial charge in [-0.1, -0.05) is 84.5 Å². The van der Waals surface area contributed by atoms with Crippen molar-refractivity contribution in [3.63, 3.8) is 0 Å². The summed E-state index contributed by atoms with van der Waals surface area (Å²) < 4.78 is 12.2. The lowest BCUT2D eigenvalue weighted by Crippen LogP contribution is -2.36. The van der Waals surface area contributed by atoms with Gasteiger partial charge in [-0.3, -0.25) is 9.69 Å². The monoisotopic (exact) mass is 530 g/mol. The molecule has 1 aliphatic heterocycles. The average Bonchev–Trinajstić information content (AvgIpc) is 3.06. The number of para-hydroxylation sites is 1. The lowest BCUT2D eigenvalue weighted by molar-refractivity contribution is -0.118. The van der Waals surface area contributed by atoms with E-state index in [-0.39, 0.29) is 11.8 Å². The van der Waals surface area contributed by atoms with Gasteiger partial charge in [-0.2, -0.15) is 4.98 Å². The Morgan fingerprint density at radius 1 is 1.14 bits per heavy atom. The van der Waals surface area contributed by atoms with Gasteiger partial charge in [-0.05, 0) is 29.8 Å². The van der Waals surface area contributed by atoms with E-state index in [9.17, 15) is 4.79 Å². The molecule has 0 fully saturated rings. The van der Waals surface area contributed by atoms with Crippen LogP contribution in [0.25, 0.3) is 11.3 Å². The van der Waals surface area contributed by atoms with Crippen LogP contribution in [0.3, 0.4) is 0 Å². The van der Waals surface area contributed by atoms with Crippen LogP contribution < -0.4 is 14.4 Å². The van der Waals surface area contributed by atoms with Crippen LogP contribution in [-0.4, -0.2) is 27.7 Å². The summed E-state index contributed by atoms with van der Waals surface area (Å²) >= 11 is 7.72. The highest BCUT2D eigenvalue weighted by molar-refractivity contribution is 7.98. The predicted octanol–water partition coefficient (Wildman–Crippen LogP) is 6.49. The van der Waals surface area contributed by atoms with E-state index in [1.54, 1.807) is 11.0 Å². The standard InChI is InChI=1S/C28H23ClN4O3S/c1-3-15-35-21-11-8-10-19(16-21)27-33(18(2)34)24-14-7-5-12-22(24)25-26(36-27)30-28(32-31-25)37-17-20-9-4-6-13-23(20)29/h3-14,16,27H,1,15,17H2,2H3/t27-/m0/s1. The minimum absolute atomic E-state index is 0.191. The Kier molecular flexibility index (Phi) is 7.39. The molecule has 1 atom stereocenters. The van der Waals surface area contributed by atoms with Gasteiger partial charge >= 0.3 is 0 Å². The number of amides is 1. The molecule has 0 radical (unpaired) electrons. The van der Waals surface area contributed by atoms with Gasteiger partial charge in [0.25, 0.3) is 0 Å². The molecule has 1 amide bonds. The number of fused-ring (bicyclic) bond motifs is 3. The molecule has 37 heavy (non-hydrogen) atoms. The Morgan fingerprint density at radius 3 is 2.76 bits per heavy atom. The van der Waals surface area contributed by atoms with Gasteiger partial charge in [0.2, 0.25) is 23.2 Å². The third kappa shape index (κ3) is 5.30. The fourth-order valence-corrected chi connectivity index (χ4v) is 5.07. The highest BCUT2D eigenvalue weighted by Gasteiger charge is 2.34. The summed E-state index contributed by atoms with van der Waals surface area (Å²) in [5.41, 5.74) is 3.52. The molecule has 0 saturated heterocycles. The number of aromatic nitrogens is 3. The average molecular weight is 531 g/mol. The Bertz CT molecular complexity index is 1470. The van der Waals surface area contributed by atoms with Crippen molar-refractivity contribution >= 4 is 35.0 Å². The molecule has 0 N–H and O–H groups in total. The van der Waals surface area contributed by atoms with Crippen LogP contribution >= 0.6 is 23.4 Å². The number of halogens is 1. The molecule has 0 unspecified atom stereocenters. The molecule has 1 aliphatic rings. The van der Waals surface area contributed by atoms with Gasteiger partial charge in [-0.15, -0.1) is 10.2 Å². The third-order valence-electron chi connectivity index (χ3n) is 5.68. The molecule has 9 heteroatoms. The van der Waals surface area contributed by atoms with Crippen LogP contribution in [0.4, 0.5) is 5.69 Å². The molecule has 5 rings (SSSR count). The quantitative estimate of drug-likeness (QED) is 0.199. The molecule has 0 aliphatic carbocycles.